The van der Waals surface area contributed by atoms with Crippen LogP contribution in [-0.2, 0) is 4.74 Å². The SMILES string of the molecule is Cc1c(Cl)nc2ncnn2c1N(C)CC1CCCCO1. The molecule has 20 heavy (non-hydrogen) atoms. The minimum Gasteiger partial charge on any atom is -0.376 e. The molecule has 0 bridgehead atoms. The summed E-state index contributed by atoms with van der Waals surface area (Å²) < 4.78 is 7.52. The molecule has 1 atom stereocenters. The van der Waals surface area contributed by atoms with Gasteiger partial charge in [-0.25, -0.2) is 0 Å². The van der Waals surface area contributed by atoms with Crippen LogP contribution in [0, 0.1) is 6.92 Å². The predicted octanol–water partition coefficient (Wildman–Crippen LogP) is 2.09. The lowest BCUT2D eigenvalue weighted by Gasteiger charge is -2.29. The Bertz CT molecular complexity index is 608. The first-order valence-corrected chi connectivity index (χ1v) is 7.23. The lowest BCUT2D eigenvalue weighted by Crippen LogP contribution is -2.34. The Hall–Kier alpha value is -1.40. The van der Waals surface area contributed by atoms with Crippen LogP contribution in [0.4, 0.5) is 5.82 Å². The van der Waals surface area contributed by atoms with Gasteiger partial charge >= 0.3 is 0 Å². The van der Waals surface area contributed by atoms with E-state index in [1.807, 2.05) is 14.0 Å². The van der Waals surface area contributed by atoms with Gasteiger partial charge in [0.15, 0.2) is 0 Å². The summed E-state index contributed by atoms with van der Waals surface area (Å²) in [6.45, 7) is 3.62. The van der Waals surface area contributed by atoms with Crippen molar-refractivity contribution in [3.05, 3.63) is 17.0 Å². The van der Waals surface area contributed by atoms with Gasteiger partial charge in [-0.05, 0) is 26.2 Å². The molecule has 0 N–H and O–H groups in total. The summed E-state index contributed by atoms with van der Waals surface area (Å²) in [7, 11) is 2.03. The van der Waals surface area contributed by atoms with Crippen LogP contribution in [0.1, 0.15) is 24.8 Å². The van der Waals surface area contributed by atoms with Crippen molar-refractivity contribution in [2.24, 2.45) is 0 Å². The molecule has 7 heteroatoms. The average molecular weight is 296 g/mol. The monoisotopic (exact) mass is 295 g/mol. The van der Waals surface area contributed by atoms with Crippen molar-refractivity contribution in [1.29, 1.82) is 0 Å². The zero-order chi connectivity index (χ0) is 14.1. The first-order valence-electron chi connectivity index (χ1n) is 6.85. The summed E-state index contributed by atoms with van der Waals surface area (Å²) in [5, 5.41) is 4.71. The first-order chi connectivity index (χ1) is 9.66. The van der Waals surface area contributed by atoms with Crippen LogP contribution in [0.5, 0.6) is 0 Å². The van der Waals surface area contributed by atoms with Crippen molar-refractivity contribution in [3.8, 4) is 0 Å². The summed E-state index contributed by atoms with van der Waals surface area (Å²) in [6, 6.07) is 0. The maximum atomic E-state index is 6.19. The fourth-order valence-corrected chi connectivity index (χ4v) is 2.84. The van der Waals surface area contributed by atoms with E-state index in [9.17, 15) is 0 Å². The topological polar surface area (TPSA) is 55.5 Å². The second kappa shape index (κ2) is 5.54. The van der Waals surface area contributed by atoms with E-state index in [-0.39, 0.29) is 6.10 Å². The van der Waals surface area contributed by atoms with Gasteiger partial charge in [-0.1, -0.05) is 11.6 Å². The molecule has 0 aromatic carbocycles. The maximum Gasteiger partial charge on any atom is 0.255 e. The Labute approximate surface area is 122 Å². The van der Waals surface area contributed by atoms with E-state index < -0.39 is 0 Å². The van der Waals surface area contributed by atoms with Crippen LogP contribution >= 0.6 is 11.6 Å². The van der Waals surface area contributed by atoms with Crippen molar-refractivity contribution in [2.75, 3.05) is 25.1 Å². The Kier molecular flexibility index (Phi) is 3.76. The molecule has 1 saturated heterocycles. The summed E-state index contributed by atoms with van der Waals surface area (Å²) in [5.41, 5.74) is 0.906. The number of ether oxygens (including phenoxy) is 1. The van der Waals surface area contributed by atoms with Crippen LogP contribution in [-0.4, -0.2) is 45.9 Å². The van der Waals surface area contributed by atoms with Gasteiger partial charge in [0.05, 0.1) is 6.10 Å². The van der Waals surface area contributed by atoms with Gasteiger partial charge in [-0.15, -0.1) is 0 Å². The van der Waals surface area contributed by atoms with Crippen molar-refractivity contribution in [3.63, 3.8) is 0 Å². The molecule has 1 aliphatic heterocycles. The second-order valence-electron chi connectivity index (χ2n) is 5.19. The van der Waals surface area contributed by atoms with Crippen LogP contribution in [0.25, 0.3) is 5.78 Å². The first kappa shape index (κ1) is 13.6. The number of aromatic nitrogens is 4. The molecule has 0 radical (unpaired) electrons. The van der Waals surface area contributed by atoms with E-state index in [4.69, 9.17) is 16.3 Å². The molecule has 3 heterocycles. The highest BCUT2D eigenvalue weighted by Crippen LogP contribution is 2.26. The molecule has 0 aliphatic carbocycles. The molecule has 0 saturated carbocycles. The average Bonchev–Trinajstić information content (AvgIpc) is 2.88. The Morgan fingerprint density at radius 1 is 1.50 bits per heavy atom. The number of rotatable bonds is 3. The molecule has 2 aromatic heterocycles. The van der Waals surface area contributed by atoms with Crippen molar-refractivity contribution >= 4 is 23.2 Å². The lowest BCUT2D eigenvalue weighted by atomic mass is 10.1. The Morgan fingerprint density at radius 3 is 3.10 bits per heavy atom. The zero-order valence-electron chi connectivity index (χ0n) is 11.7. The summed E-state index contributed by atoms with van der Waals surface area (Å²) in [5.74, 6) is 1.44. The molecule has 6 nitrogen and oxygen atoms in total. The fraction of sp³-hybridized carbons (Fsp3) is 0.615. The van der Waals surface area contributed by atoms with Crippen LogP contribution in [0.2, 0.25) is 5.15 Å². The molecule has 2 aromatic rings. The third-order valence-corrected chi connectivity index (χ3v) is 4.05. The normalized spacial score (nSPS) is 19.4. The predicted molar refractivity (Wildman–Crippen MR) is 77.4 cm³/mol. The fourth-order valence-electron chi connectivity index (χ4n) is 2.68. The molecule has 1 fully saturated rings. The number of fused-ring (bicyclic) bond motifs is 1. The van der Waals surface area contributed by atoms with Gasteiger partial charge in [0, 0.05) is 25.8 Å². The van der Waals surface area contributed by atoms with Gasteiger partial charge in [-0.2, -0.15) is 19.6 Å². The van der Waals surface area contributed by atoms with E-state index in [1.54, 1.807) is 4.52 Å². The molecule has 0 amide bonds. The summed E-state index contributed by atoms with van der Waals surface area (Å²) >= 11 is 6.19. The van der Waals surface area contributed by atoms with Crippen LogP contribution in [0.15, 0.2) is 6.33 Å². The minimum absolute atomic E-state index is 0.263. The van der Waals surface area contributed by atoms with Gasteiger partial charge in [-0.3, -0.25) is 0 Å². The van der Waals surface area contributed by atoms with Crippen LogP contribution < -0.4 is 4.90 Å². The quantitative estimate of drug-likeness (QED) is 0.812. The molecule has 3 rings (SSSR count). The smallest absolute Gasteiger partial charge is 0.255 e. The number of likely N-dealkylation sites (N-methyl/N-ethyl adjacent to an activating group) is 1. The van der Waals surface area contributed by atoms with E-state index in [2.05, 4.69) is 20.0 Å². The number of nitrogens with zero attached hydrogens (tertiary/aromatic N) is 5. The van der Waals surface area contributed by atoms with Gasteiger partial charge in [0.2, 0.25) is 0 Å². The van der Waals surface area contributed by atoms with Crippen molar-refractivity contribution in [1.82, 2.24) is 19.6 Å². The van der Waals surface area contributed by atoms with E-state index in [1.165, 1.54) is 12.7 Å². The largest absolute Gasteiger partial charge is 0.376 e. The zero-order valence-corrected chi connectivity index (χ0v) is 12.5. The number of hydrogen-bond acceptors (Lipinski definition) is 5. The molecule has 108 valence electrons. The molecule has 0 spiro atoms. The van der Waals surface area contributed by atoms with E-state index in [0.717, 1.165) is 37.4 Å². The third kappa shape index (κ3) is 2.45. The highest BCUT2D eigenvalue weighted by molar-refractivity contribution is 6.30. The number of halogens is 1. The molecule has 1 unspecified atom stereocenters. The van der Waals surface area contributed by atoms with Crippen molar-refractivity contribution in [2.45, 2.75) is 32.3 Å². The Balaban J connectivity index is 1.91. The molecular weight excluding hydrogens is 278 g/mol. The standard InChI is InChI=1S/C13H18ClN5O/c1-9-11(14)17-13-15-8-16-19(13)12(9)18(2)7-10-5-3-4-6-20-10/h8,10H,3-7H2,1-2H3. The maximum absolute atomic E-state index is 6.19. The highest BCUT2D eigenvalue weighted by atomic mass is 35.5. The van der Waals surface area contributed by atoms with Crippen molar-refractivity contribution < 1.29 is 4.74 Å². The third-order valence-electron chi connectivity index (χ3n) is 3.69. The second-order valence-corrected chi connectivity index (χ2v) is 5.55. The summed E-state index contributed by atoms with van der Waals surface area (Å²) in [4.78, 5) is 10.5. The number of hydrogen-bond donors (Lipinski definition) is 0. The minimum atomic E-state index is 0.263. The summed E-state index contributed by atoms with van der Waals surface area (Å²) in [6.07, 6.45) is 5.25. The number of anilines is 1. The molecular formula is C13H18ClN5O. The molecule has 1 aliphatic rings. The highest BCUT2D eigenvalue weighted by Gasteiger charge is 2.20. The van der Waals surface area contributed by atoms with Gasteiger partial charge in [0.1, 0.15) is 17.3 Å². The van der Waals surface area contributed by atoms with Gasteiger partial charge in [0.25, 0.3) is 5.78 Å². The van der Waals surface area contributed by atoms with Crippen LogP contribution in [0.3, 0.4) is 0 Å². The lowest BCUT2D eigenvalue weighted by molar-refractivity contribution is 0.0215. The Morgan fingerprint density at radius 2 is 2.35 bits per heavy atom. The van der Waals surface area contributed by atoms with E-state index >= 15 is 0 Å². The van der Waals surface area contributed by atoms with Gasteiger partial charge < -0.3 is 9.64 Å². The van der Waals surface area contributed by atoms with E-state index in [0.29, 0.717) is 10.9 Å².